The summed E-state index contributed by atoms with van der Waals surface area (Å²) in [6.07, 6.45) is 6.30. The van der Waals surface area contributed by atoms with Crippen LogP contribution in [0.3, 0.4) is 0 Å². The Balaban J connectivity index is 1.68. The second kappa shape index (κ2) is 6.43. The quantitative estimate of drug-likeness (QED) is 0.840. The lowest BCUT2D eigenvalue weighted by Crippen LogP contribution is -2.27. The highest BCUT2D eigenvalue weighted by Gasteiger charge is 2.17. The molecule has 1 aromatic rings. The number of carbonyl (C=O) groups is 1. The third-order valence-corrected chi connectivity index (χ3v) is 3.66. The average molecular weight is 247 g/mol. The first kappa shape index (κ1) is 12.9. The summed E-state index contributed by atoms with van der Waals surface area (Å²) < 4.78 is 0. The highest BCUT2D eigenvalue weighted by Crippen LogP contribution is 2.27. The minimum atomic E-state index is 0.150. The molecule has 0 radical (unpaired) electrons. The van der Waals surface area contributed by atoms with E-state index in [1.807, 2.05) is 12.1 Å². The van der Waals surface area contributed by atoms with Crippen LogP contribution in [0, 0.1) is 5.92 Å². The Kier molecular flexibility index (Phi) is 4.62. The number of hydrogen-bond acceptors (Lipinski definition) is 2. The number of para-hydroxylation sites is 1. The number of benzene rings is 1. The fourth-order valence-corrected chi connectivity index (χ4v) is 2.61. The van der Waals surface area contributed by atoms with Crippen molar-refractivity contribution < 1.29 is 9.90 Å². The second-order valence-electron chi connectivity index (χ2n) is 5.08. The third kappa shape index (κ3) is 3.76. The molecule has 0 bridgehead atoms. The van der Waals surface area contributed by atoms with Crippen LogP contribution in [0.5, 0.6) is 5.75 Å². The summed E-state index contributed by atoms with van der Waals surface area (Å²) >= 11 is 0. The van der Waals surface area contributed by atoms with Crippen LogP contribution in [0.15, 0.2) is 24.3 Å². The summed E-state index contributed by atoms with van der Waals surface area (Å²) in [7, 11) is 0. The molecule has 1 amide bonds. The van der Waals surface area contributed by atoms with Gasteiger partial charge in [0.2, 0.25) is 5.91 Å². The Bertz CT molecular complexity index is 397. The van der Waals surface area contributed by atoms with E-state index in [0.29, 0.717) is 31.1 Å². The summed E-state index contributed by atoms with van der Waals surface area (Å²) in [6, 6.07) is 7.26. The lowest BCUT2D eigenvalue weighted by atomic mass is 10.0. The SMILES string of the molecule is O=C(CC1CCCC1)NCCc1ccccc1O. The van der Waals surface area contributed by atoms with E-state index in [4.69, 9.17) is 0 Å². The average Bonchev–Trinajstić information content (AvgIpc) is 2.84. The lowest BCUT2D eigenvalue weighted by molar-refractivity contribution is -0.121. The Morgan fingerprint density at radius 2 is 2.00 bits per heavy atom. The van der Waals surface area contributed by atoms with E-state index in [0.717, 1.165) is 5.56 Å². The van der Waals surface area contributed by atoms with E-state index in [1.165, 1.54) is 25.7 Å². The van der Waals surface area contributed by atoms with Crippen LogP contribution in [0.1, 0.15) is 37.7 Å². The fourth-order valence-electron chi connectivity index (χ4n) is 2.61. The number of carbonyl (C=O) groups excluding carboxylic acids is 1. The smallest absolute Gasteiger partial charge is 0.220 e. The Hall–Kier alpha value is -1.51. The number of amides is 1. The van der Waals surface area contributed by atoms with Crippen LogP contribution in [0.25, 0.3) is 0 Å². The van der Waals surface area contributed by atoms with Gasteiger partial charge in [0.25, 0.3) is 0 Å². The van der Waals surface area contributed by atoms with Crippen molar-refractivity contribution in [3.63, 3.8) is 0 Å². The fraction of sp³-hybridized carbons (Fsp3) is 0.533. The van der Waals surface area contributed by atoms with Gasteiger partial charge in [0.05, 0.1) is 0 Å². The molecule has 2 rings (SSSR count). The predicted octanol–water partition coefficient (Wildman–Crippen LogP) is 2.63. The van der Waals surface area contributed by atoms with Gasteiger partial charge in [-0.05, 0) is 36.8 Å². The third-order valence-electron chi connectivity index (χ3n) is 3.66. The van der Waals surface area contributed by atoms with E-state index >= 15 is 0 Å². The number of phenolic OH excluding ortho intramolecular Hbond substituents is 1. The monoisotopic (exact) mass is 247 g/mol. The van der Waals surface area contributed by atoms with Crippen LogP contribution in [-0.2, 0) is 11.2 Å². The molecular weight excluding hydrogens is 226 g/mol. The standard InChI is InChI=1S/C15H21NO2/c17-14-8-4-3-7-13(14)9-10-16-15(18)11-12-5-1-2-6-12/h3-4,7-8,12,17H,1-2,5-6,9-11H2,(H,16,18). The van der Waals surface area contributed by atoms with Gasteiger partial charge < -0.3 is 10.4 Å². The van der Waals surface area contributed by atoms with Crippen molar-refractivity contribution in [3.05, 3.63) is 29.8 Å². The highest BCUT2D eigenvalue weighted by atomic mass is 16.3. The van der Waals surface area contributed by atoms with Crippen molar-refractivity contribution in [2.24, 2.45) is 5.92 Å². The largest absolute Gasteiger partial charge is 0.508 e. The second-order valence-corrected chi connectivity index (χ2v) is 5.08. The van der Waals surface area contributed by atoms with Crippen LogP contribution in [-0.4, -0.2) is 17.6 Å². The molecule has 0 saturated heterocycles. The zero-order valence-corrected chi connectivity index (χ0v) is 10.7. The molecule has 0 atom stereocenters. The van der Waals surface area contributed by atoms with Crippen molar-refractivity contribution in [1.29, 1.82) is 0 Å². The van der Waals surface area contributed by atoms with Crippen LogP contribution >= 0.6 is 0 Å². The van der Waals surface area contributed by atoms with Crippen LogP contribution < -0.4 is 5.32 Å². The van der Waals surface area contributed by atoms with Gasteiger partial charge in [0.15, 0.2) is 0 Å². The molecule has 1 fully saturated rings. The van der Waals surface area contributed by atoms with E-state index in [-0.39, 0.29) is 5.91 Å². The molecule has 18 heavy (non-hydrogen) atoms. The van der Waals surface area contributed by atoms with Crippen LogP contribution in [0.2, 0.25) is 0 Å². The number of aromatic hydroxyl groups is 1. The molecule has 3 heteroatoms. The van der Waals surface area contributed by atoms with Gasteiger partial charge in [0, 0.05) is 13.0 Å². The summed E-state index contributed by atoms with van der Waals surface area (Å²) in [4.78, 5) is 11.7. The number of hydrogen-bond donors (Lipinski definition) is 2. The highest BCUT2D eigenvalue weighted by molar-refractivity contribution is 5.76. The van der Waals surface area contributed by atoms with Gasteiger partial charge in [-0.2, -0.15) is 0 Å². The minimum absolute atomic E-state index is 0.150. The molecule has 2 N–H and O–H groups in total. The predicted molar refractivity (Wildman–Crippen MR) is 71.4 cm³/mol. The summed E-state index contributed by atoms with van der Waals surface area (Å²) in [5.41, 5.74) is 0.888. The summed E-state index contributed by atoms with van der Waals surface area (Å²) in [5, 5.41) is 12.5. The topological polar surface area (TPSA) is 49.3 Å². The minimum Gasteiger partial charge on any atom is -0.508 e. The summed E-state index contributed by atoms with van der Waals surface area (Å²) in [6.45, 7) is 0.600. The summed E-state index contributed by atoms with van der Waals surface area (Å²) in [5.74, 6) is 1.05. The maximum atomic E-state index is 11.7. The van der Waals surface area contributed by atoms with Crippen molar-refractivity contribution in [1.82, 2.24) is 5.32 Å². The molecule has 0 unspecified atom stereocenters. The van der Waals surface area contributed by atoms with Gasteiger partial charge >= 0.3 is 0 Å². The lowest BCUT2D eigenvalue weighted by Gasteiger charge is -2.10. The zero-order valence-electron chi connectivity index (χ0n) is 10.7. The van der Waals surface area contributed by atoms with Crippen LogP contribution in [0.4, 0.5) is 0 Å². The molecule has 0 aromatic heterocycles. The van der Waals surface area contributed by atoms with Gasteiger partial charge in [-0.25, -0.2) is 0 Å². The Morgan fingerprint density at radius 3 is 2.72 bits per heavy atom. The molecule has 0 spiro atoms. The molecule has 1 aliphatic carbocycles. The number of phenols is 1. The first-order valence-corrected chi connectivity index (χ1v) is 6.79. The van der Waals surface area contributed by atoms with Gasteiger partial charge in [0.1, 0.15) is 5.75 Å². The molecule has 0 aliphatic heterocycles. The molecule has 1 aromatic carbocycles. The van der Waals surface area contributed by atoms with E-state index in [2.05, 4.69) is 5.32 Å². The Morgan fingerprint density at radius 1 is 1.28 bits per heavy atom. The molecule has 1 aliphatic rings. The normalized spacial score (nSPS) is 15.8. The maximum absolute atomic E-state index is 11.7. The van der Waals surface area contributed by atoms with E-state index < -0.39 is 0 Å². The molecule has 0 heterocycles. The van der Waals surface area contributed by atoms with Gasteiger partial charge in [-0.3, -0.25) is 4.79 Å². The van der Waals surface area contributed by atoms with Crippen molar-refractivity contribution in [3.8, 4) is 5.75 Å². The molecular formula is C15H21NO2. The van der Waals surface area contributed by atoms with Crippen molar-refractivity contribution in [2.45, 2.75) is 38.5 Å². The number of rotatable bonds is 5. The zero-order chi connectivity index (χ0) is 12.8. The molecule has 1 saturated carbocycles. The van der Waals surface area contributed by atoms with Gasteiger partial charge in [-0.15, -0.1) is 0 Å². The molecule has 3 nitrogen and oxygen atoms in total. The van der Waals surface area contributed by atoms with E-state index in [1.54, 1.807) is 12.1 Å². The van der Waals surface area contributed by atoms with Gasteiger partial charge in [-0.1, -0.05) is 31.0 Å². The Labute approximate surface area is 108 Å². The first-order valence-electron chi connectivity index (χ1n) is 6.79. The van der Waals surface area contributed by atoms with E-state index in [9.17, 15) is 9.90 Å². The van der Waals surface area contributed by atoms with Crippen molar-refractivity contribution in [2.75, 3.05) is 6.54 Å². The molecule has 98 valence electrons. The first-order chi connectivity index (χ1) is 8.75. The van der Waals surface area contributed by atoms with Crippen molar-refractivity contribution >= 4 is 5.91 Å². The number of nitrogens with one attached hydrogen (secondary N) is 1. The maximum Gasteiger partial charge on any atom is 0.220 e.